The molecular formula is C15H21N4O7P. The minimum atomic E-state index is -3.89. The Labute approximate surface area is 154 Å². The first-order chi connectivity index (χ1) is 12.8. The third-order valence-corrected chi connectivity index (χ3v) is 4.74. The first kappa shape index (κ1) is 19.9. The van der Waals surface area contributed by atoms with Crippen LogP contribution in [0.5, 0.6) is 0 Å². The van der Waals surface area contributed by atoms with Crippen LogP contribution < -0.4 is 5.56 Å². The van der Waals surface area contributed by atoms with Gasteiger partial charge < -0.3 is 19.5 Å². The van der Waals surface area contributed by atoms with Crippen molar-refractivity contribution in [2.75, 3.05) is 20.4 Å². The average molecular weight is 400 g/mol. The van der Waals surface area contributed by atoms with Gasteiger partial charge in [0.15, 0.2) is 17.4 Å². The summed E-state index contributed by atoms with van der Waals surface area (Å²) in [6.07, 6.45) is 0.00506. The average Bonchev–Trinajstić information content (AvgIpc) is 3.13. The van der Waals surface area contributed by atoms with Crippen LogP contribution >= 0.6 is 7.60 Å². The molecule has 1 unspecified atom stereocenters. The van der Waals surface area contributed by atoms with E-state index >= 15 is 0 Å². The number of methoxy groups -OCH3 is 1. The van der Waals surface area contributed by atoms with Gasteiger partial charge in [-0.2, -0.15) is 0 Å². The van der Waals surface area contributed by atoms with Gasteiger partial charge in [0.1, 0.15) is 24.6 Å². The van der Waals surface area contributed by atoms with Gasteiger partial charge in [-0.15, -0.1) is 6.58 Å². The van der Waals surface area contributed by atoms with Crippen LogP contribution in [0.4, 0.5) is 0 Å². The summed E-state index contributed by atoms with van der Waals surface area (Å²) in [5.74, 6) is 0. The lowest BCUT2D eigenvalue weighted by atomic mass is 10.1. The molecule has 11 nitrogen and oxygen atoms in total. The smallest absolute Gasteiger partial charge is 0.325 e. The summed E-state index contributed by atoms with van der Waals surface area (Å²) in [6, 6.07) is 0. The van der Waals surface area contributed by atoms with E-state index in [2.05, 4.69) is 16.5 Å². The second-order valence-corrected chi connectivity index (χ2v) is 8.02. The Bertz CT molecular complexity index is 936. The molecule has 1 aliphatic heterocycles. The molecule has 0 saturated carbocycles. The Morgan fingerprint density at radius 1 is 1.44 bits per heavy atom. The van der Waals surface area contributed by atoms with E-state index in [0.717, 1.165) is 6.66 Å². The fourth-order valence-electron chi connectivity index (χ4n) is 3.01. The zero-order valence-electron chi connectivity index (χ0n) is 14.8. The molecule has 3 heterocycles. The largest absolute Gasteiger partial charge is 0.386 e. The highest BCUT2D eigenvalue weighted by atomic mass is 31.2. The van der Waals surface area contributed by atoms with Crippen molar-refractivity contribution >= 4 is 18.8 Å². The molecule has 0 radical (unpaired) electrons. The minimum absolute atomic E-state index is 0.0322. The molecule has 5 atom stereocenters. The molecule has 0 aliphatic carbocycles. The molecule has 2 aromatic heterocycles. The number of aliphatic hydroxyl groups is 1. The number of ether oxygens (including phenoxy) is 2. The van der Waals surface area contributed by atoms with Crippen molar-refractivity contribution < 1.29 is 28.6 Å². The predicted octanol–water partition coefficient (Wildman–Crippen LogP) is -0.116. The normalized spacial score (nSPS) is 27.7. The van der Waals surface area contributed by atoms with Gasteiger partial charge in [-0.05, 0) is 0 Å². The lowest BCUT2D eigenvalue weighted by Gasteiger charge is -2.21. The van der Waals surface area contributed by atoms with E-state index in [4.69, 9.17) is 14.0 Å². The fourth-order valence-corrected chi connectivity index (χ4v) is 3.72. The first-order valence-electron chi connectivity index (χ1n) is 8.11. The second kappa shape index (κ2) is 7.63. The zero-order valence-corrected chi connectivity index (χ0v) is 15.7. The van der Waals surface area contributed by atoms with E-state index in [1.165, 1.54) is 28.9 Å². The highest BCUT2D eigenvalue weighted by molar-refractivity contribution is 7.51. The van der Waals surface area contributed by atoms with Gasteiger partial charge >= 0.3 is 7.60 Å². The number of imidazole rings is 1. The van der Waals surface area contributed by atoms with Crippen LogP contribution in [0.2, 0.25) is 0 Å². The van der Waals surface area contributed by atoms with Gasteiger partial charge in [0, 0.05) is 20.3 Å². The van der Waals surface area contributed by atoms with Crippen LogP contribution in [0.3, 0.4) is 0 Å². The highest BCUT2D eigenvalue weighted by Gasteiger charge is 2.48. The molecule has 0 amide bonds. The van der Waals surface area contributed by atoms with Crippen LogP contribution in [0.15, 0.2) is 30.1 Å². The highest BCUT2D eigenvalue weighted by Crippen LogP contribution is 2.44. The topological polar surface area (TPSA) is 138 Å². The van der Waals surface area contributed by atoms with Crippen molar-refractivity contribution in [3.05, 3.63) is 35.7 Å². The number of hydrogen-bond donors (Lipinski definition) is 2. The quantitative estimate of drug-likeness (QED) is 0.481. The molecule has 148 valence electrons. The van der Waals surface area contributed by atoms with Crippen LogP contribution in [-0.4, -0.2) is 67.8 Å². The predicted molar refractivity (Wildman–Crippen MR) is 94.4 cm³/mol. The molecule has 2 aromatic rings. The molecule has 0 aromatic carbocycles. The van der Waals surface area contributed by atoms with E-state index < -0.39 is 32.1 Å². The summed E-state index contributed by atoms with van der Waals surface area (Å²) in [5, 5.41) is 10.6. The number of aliphatic hydroxyl groups excluding tert-OH is 1. The molecule has 0 bridgehead atoms. The molecule has 1 saturated heterocycles. The first-order valence-corrected chi connectivity index (χ1v) is 10.1. The second-order valence-electron chi connectivity index (χ2n) is 6.20. The Hall–Kier alpha value is -1.88. The van der Waals surface area contributed by atoms with Gasteiger partial charge in [0.05, 0.1) is 12.9 Å². The van der Waals surface area contributed by atoms with Crippen LogP contribution in [0, 0.1) is 0 Å². The molecular weight excluding hydrogens is 379 g/mol. The molecule has 1 aliphatic rings. The molecule has 3 rings (SSSR count). The Morgan fingerprint density at radius 3 is 2.81 bits per heavy atom. The van der Waals surface area contributed by atoms with Crippen molar-refractivity contribution in [2.45, 2.75) is 31.1 Å². The monoisotopic (exact) mass is 400 g/mol. The van der Waals surface area contributed by atoms with Crippen LogP contribution in [-0.2, 0) is 25.1 Å². The molecule has 2 N–H and O–H groups in total. The third-order valence-electron chi connectivity index (χ3n) is 4.11. The summed E-state index contributed by atoms with van der Waals surface area (Å²) in [4.78, 5) is 30.3. The van der Waals surface area contributed by atoms with Crippen molar-refractivity contribution in [3.8, 4) is 0 Å². The van der Waals surface area contributed by atoms with Gasteiger partial charge in [0.25, 0.3) is 5.56 Å². The standard InChI is InChI=1S/C15H21N4O7P/c1-4-5-18-7-17-13-10(14(18)21)16-8-19(13)15-11(20)12(26-27(3,22)23)9(25-15)6-24-2/h4,7-9,11-12,15,20H,1,5-6H2,2-3H3,(H,22,23)/t9-,11-,12-,15-/m1/s1. The number of fused-ring (bicyclic) bond motifs is 1. The van der Waals surface area contributed by atoms with Gasteiger partial charge in [0.2, 0.25) is 0 Å². The molecule has 0 spiro atoms. The van der Waals surface area contributed by atoms with E-state index in [1.807, 2.05) is 0 Å². The summed E-state index contributed by atoms with van der Waals surface area (Å²) in [7, 11) is -2.45. The van der Waals surface area contributed by atoms with Crippen molar-refractivity contribution in [1.29, 1.82) is 0 Å². The van der Waals surface area contributed by atoms with E-state index in [1.54, 1.807) is 6.08 Å². The van der Waals surface area contributed by atoms with E-state index in [-0.39, 0.29) is 29.9 Å². The minimum Gasteiger partial charge on any atom is -0.386 e. The summed E-state index contributed by atoms with van der Waals surface area (Å²) in [5.41, 5.74) is -0.0446. The molecule has 1 fully saturated rings. The molecule has 27 heavy (non-hydrogen) atoms. The molecule has 12 heteroatoms. The van der Waals surface area contributed by atoms with Gasteiger partial charge in [-0.3, -0.25) is 23.0 Å². The van der Waals surface area contributed by atoms with Gasteiger partial charge in [-0.25, -0.2) is 9.97 Å². The maximum Gasteiger partial charge on any atom is 0.325 e. The van der Waals surface area contributed by atoms with Crippen molar-refractivity contribution in [3.63, 3.8) is 0 Å². The van der Waals surface area contributed by atoms with E-state index in [0.29, 0.717) is 0 Å². The number of allylic oxidation sites excluding steroid dienone is 1. The van der Waals surface area contributed by atoms with Crippen LogP contribution in [0.25, 0.3) is 11.2 Å². The number of nitrogens with zero attached hydrogens (tertiary/aromatic N) is 4. The summed E-state index contributed by atoms with van der Waals surface area (Å²) >= 11 is 0. The lowest BCUT2D eigenvalue weighted by Crippen LogP contribution is -2.35. The lowest BCUT2D eigenvalue weighted by molar-refractivity contribution is -0.0571. The van der Waals surface area contributed by atoms with Crippen molar-refractivity contribution in [1.82, 2.24) is 19.1 Å². The van der Waals surface area contributed by atoms with Crippen LogP contribution in [0.1, 0.15) is 6.23 Å². The fraction of sp³-hybridized carbons (Fsp3) is 0.533. The Morgan fingerprint density at radius 2 is 2.19 bits per heavy atom. The zero-order chi connectivity index (χ0) is 19.8. The Kier molecular flexibility index (Phi) is 5.61. The maximum atomic E-state index is 12.4. The Balaban J connectivity index is 1.98. The number of rotatable bonds is 7. The van der Waals surface area contributed by atoms with Crippen molar-refractivity contribution in [2.24, 2.45) is 0 Å². The summed E-state index contributed by atoms with van der Waals surface area (Å²) in [6.45, 7) is 4.92. The van der Waals surface area contributed by atoms with Gasteiger partial charge in [-0.1, -0.05) is 6.08 Å². The number of hydrogen-bond acceptors (Lipinski definition) is 8. The SMILES string of the molecule is C=CCn1cnc2c(ncn2[C@@H]2O[C@H](COC)[C@@H](OP(C)(=O)O)[C@H]2O)c1=O. The summed E-state index contributed by atoms with van der Waals surface area (Å²) < 4.78 is 30.3. The maximum absolute atomic E-state index is 12.4. The number of aromatic nitrogens is 4. The van der Waals surface area contributed by atoms with E-state index in [9.17, 15) is 19.4 Å². The third kappa shape index (κ3) is 3.88.